The number of aliphatic hydroxyl groups excluding tert-OH is 1. The molecule has 35 heavy (non-hydrogen) atoms. The second-order valence-corrected chi connectivity index (χ2v) is 8.77. The van der Waals surface area contributed by atoms with E-state index in [2.05, 4.69) is 9.97 Å². The lowest BCUT2D eigenvalue weighted by molar-refractivity contribution is -0.132. The number of para-hydroxylation sites is 2. The Kier molecular flexibility index (Phi) is 6.00. The number of aromatic amines is 1. The van der Waals surface area contributed by atoms with Gasteiger partial charge in [-0.3, -0.25) is 14.5 Å². The number of hydrogen-bond donors (Lipinski definition) is 2. The molecule has 3 heterocycles. The fourth-order valence-corrected chi connectivity index (χ4v) is 5.02. The van der Waals surface area contributed by atoms with E-state index in [9.17, 15) is 14.7 Å². The average Bonchev–Trinajstić information content (AvgIpc) is 3.58. The quantitative estimate of drug-likeness (QED) is 0.214. The smallest absolute Gasteiger partial charge is 0.302 e. The summed E-state index contributed by atoms with van der Waals surface area (Å²) >= 11 is 1.39. The lowest BCUT2D eigenvalue weighted by atomic mass is 9.99. The molecule has 1 amide bonds. The zero-order valence-corrected chi connectivity index (χ0v) is 20.0. The summed E-state index contributed by atoms with van der Waals surface area (Å²) in [5, 5.41) is 13.3. The van der Waals surface area contributed by atoms with Crippen LogP contribution in [0.2, 0.25) is 0 Å². The minimum absolute atomic E-state index is 0.0250. The van der Waals surface area contributed by atoms with Crippen molar-refractivity contribution in [1.29, 1.82) is 0 Å². The first-order valence-corrected chi connectivity index (χ1v) is 12.1. The Balaban J connectivity index is 1.69. The first-order chi connectivity index (χ1) is 17.0. The molecule has 0 saturated carbocycles. The number of hydrogen-bond acceptors (Lipinski definition) is 7. The molecule has 0 bridgehead atoms. The number of H-pyrrole nitrogens is 1. The Bertz CT molecular complexity index is 1410. The van der Waals surface area contributed by atoms with Gasteiger partial charge >= 0.3 is 5.91 Å². The molecule has 178 valence electrons. The van der Waals surface area contributed by atoms with Gasteiger partial charge in [-0.05, 0) is 49.6 Å². The van der Waals surface area contributed by atoms with Gasteiger partial charge < -0.3 is 19.6 Å². The molecule has 1 saturated heterocycles. The number of benzene rings is 2. The van der Waals surface area contributed by atoms with E-state index in [-0.39, 0.29) is 17.3 Å². The first-order valence-electron chi connectivity index (χ1n) is 11.2. The Labute approximate surface area is 205 Å². The van der Waals surface area contributed by atoms with Crippen molar-refractivity contribution >= 4 is 45.8 Å². The van der Waals surface area contributed by atoms with Crippen LogP contribution < -0.4 is 14.4 Å². The lowest BCUT2D eigenvalue weighted by Crippen LogP contribution is -2.30. The number of nitrogens with one attached hydrogen (secondary N) is 1. The molecule has 0 aliphatic carbocycles. The molecule has 2 aromatic heterocycles. The Morgan fingerprint density at radius 2 is 1.89 bits per heavy atom. The highest BCUT2D eigenvalue weighted by atomic mass is 32.1. The minimum Gasteiger partial charge on any atom is -0.507 e. The third-order valence-corrected chi connectivity index (χ3v) is 6.61. The summed E-state index contributed by atoms with van der Waals surface area (Å²) in [6.07, 6.45) is 0. The molecule has 5 rings (SSSR count). The van der Waals surface area contributed by atoms with E-state index >= 15 is 0 Å². The summed E-state index contributed by atoms with van der Waals surface area (Å²) in [7, 11) is 0. The van der Waals surface area contributed by atoms with Crippen LogP contribution in [-0.2, 0) is 9.59 Å². The summed E-state index contributed by atoms with van der Waals surface area (Å²) in [6.45, 7) is 4.51. The van der Waals surface area contributed by atoms with Crippen LogP contribution in [0.1, 0.15) is 30.3 Å². The van der Waals surface area contributed by atoms with Crippen LogP contribution in [0.15, 0.2) is 65.6 Å². The highest BCUT2D eigenvalue weighted by molar-refractivity contribution is 7.10. The number of fused-ring (bicyclic) bond motifs is 1. The number of aliphatic hydroxyl groups is 1. The summed E-state index contributed by atoms with van der Waals surface area (Å²) < 4.78 is 11.3. The number of carbonyl (C=O) groups is 2. The van der Waals surface area contributed by atoms with Gasteiger partial charge in [-0.15, -0.1) is 11.3 Å². The Hall–Kier alpha value is -4.11. The van der Waals surface area contributed by atoms with Crippen LogP contribution in [0.3, 0.4) is 0 Å². The van der Waals surface area contributed by atoms with Gasteiger partial charge in [-0.1, -0.05) is 18.2 Å². The van der Waals surface area contributed by atoms with Crippen molar-refractivity contribution in [3.63, 3.8) is 0 Å². The van der Waals surface area contributed by atoms with Gasteiger partial charge in [0.1, 0.15) is 23.3 Å². The monoisotopic (exact) mass is 489 g/mol. The topological polar surface area (TPSA) is 105 Å². The van der Waals surface area contributed by atoms with Gasteiger partial charge in [0.05, 0.1) is 35.4 Å². The molecule has 8 nitrogen and oxygen atoms in total. The van der Waals surface area contributed by atoms with E-state index in [1.807, 2.05) is 55.6 Å². The number of amides is 1. The van der Waals surface area contributed by atoms with E-state index in [1.54, 1.807) is 18.2 Å². The third kappa shape index (κ3) is 3.93. The third-order valence-electron chi connectivity index (χ3n) is 5.68. The van der Waals surface area contributed by atoms with Gasteiger partial charge in [0, 0.05) is 10.9 Å². The summed E-state index contributed by atoms with van der Waals surface area (Å²) in [4.78, 5) is 36.4. The van der Waals surface area contributed by atoms with Gasteiger partial charge in [0.25, 0.3) is 5.78 Å². The van der Waals surface area contributed by atoms with Crippen molar-refractivity contribution in [2.75, 3.05) is 18.1 Å². The van der Waals surface area contributed by atoms with Crippen LogP contribution in [0, 0.1) is 0 Å². The molecule has 2 N–H and O–H groups in total. The van der Waals surface area contributed by atoms with Gasteiger partial charge in [0.2, 0.25) is 5.95 Å². The maximum atomic E-state index is 13.4. The predicted octanol–water partition coefficient (Wildman–Crippen LogP) is 5.05. The minimum atomic E-state index is -0.850. The number of imidazole rings is 1. The molecular weight excluding hydrogens is 466 g/mol. The Morgan fingerprint density at radius 1 is 1.09 bits per heavy atom. The zero-order valence-electron chi connectivity index (χ0n) is 19.1. The largest absolute Gasteiger partial charge is 0.507 e. The maximum absolute atomic E-state index is 13.4. The van der Waals surface area contributed by atoms with E-state index in [0.717, 1.165) is 10.4 Å². The molecule has 0 spiro atoms. The molecule has 0 radical (unpaired) electrons. The van der Waals surface area contributed by atoms with Crippen LogP contribution >= 0.6 is 11.3 Å². The van der Waals surface area contributed by atoms with Gasteiger partial charge in [-0.2, -0.15) is 0 Å². The molecule has 1 unspecified atom stereocenters. The highest BCUT2D eigenvalue weighted by Gasteiger charge is 2.48. The second-order valence-electron chi connectivity index (χ2n) is 7.79. The van der Waals surface area contributed by atoms with Crippen LogP contribution in [0.25, 0.3) is 16.8 Å². The predicted molar refractivity (Wildman–Crippen MR) is 134 cm³/mol. The molecule has 1 fully saturated rings. The van der Waals surface area contributed by atoms with E-state index < -0.39 is 17.7 Å². The van der Waals surface area contributed by atoms with E-state index in [1.165, 1.54) is 16.2 Å². The molecule has 4 aromatic rings. The SMILES string of the molecule is CCOc1ccc(/C(O)=C2\C(=O)C(=O)N(c3nc4ccccc4[nH]3)C2c2cccs2)c(OCC)c1. The normalized spacial score (nSPS) is 17.3. The molecule has 1 aliphatic rings. The standard InChI is InChI=1S/C26H23N3O5S/c1-3-33-15-11-12-16(19(14-15)34-4-2)23(30)21-22(20-10-7-13-35-20)29(25(32)24(21)31)26-27-17-8-5-6-9-18(17)28-26/h5-14,22,30H,3-4H2,1-2H3,(H,27,28)/b23-21+. The zero-order chi connectivity index (χ0) is 24.5. The second kappa shape index (κ2) is 9.27. The van der Waals surface area contributed by atoms with Crippen LogP contribution in [-0.4, -0.2) is 40.0 Å². The number of nitrogens with zero attached hydrogens (tertiary/aromatic N) is 2. The fraction of sp³-hybridized carbons (Fsp3) is 0.192. The molecule has 1 atom stereocenters. The van der Waals surface area contributed by atoms with Crippen LogP contribution in [0.4, 0.5) is 5.95 Å². The maximum Gasteiger partial charge on any atom is 0.302 e. The van der Waals surface area contributed by atoms with Crippen molar-refractivity contribution in [2.24, 2.45) is 0 Å². The van der Waals surface area contributed by atoms with Crippen molar-refractivity contribution in [2.45, 2.75) is 19.9 Å². The Morgan fingerprint density at radius 3 is 2.60 bits per heavy atom. The number of aromatic nitrogens is 2. The number of Topliss-reactive ketones (excluding diaryl/α,β-unsaturated/α-hetero) is 1. The summed E-state index contributed by atoms with van der Waals surface area (Å²) in [5.74, 6) is -0.708. The van der Waals surface area contributed by atoms with Crippen molar-refractivity contribution < 1.29 is 24.2 Å². The van der Waals surface area contributed by atoms with E-state index in [0.29, 0.717) is 35.8 Å². The molecule has 2 aromatic carbocycles. The van der Waals surface area contributed by atoms with E-state index in [4.69, 9.17) is 9.47 Å². The fourth-order valence-electron chi connectivity index (χ4n) is 4.20. The molecular formula is C26H23N3O5S. The number of carbonyl (C=O) groups excluding carboxylic acids is 2. The number of anilines is 1. The lowest BCUT2D eigenvalue weighted by Gasteiger charge is -2.22. The highest BCUT2D eigenvalue weighted by Crippen LogP contribution is 2.44. The van der Waals surface area contributed by atoms with Crippen LogP contribution in [0.5, 0.6) is 11.5 Å². The number of thiophene rings is 1. The van der Waals surface area contributed by atoms with Crippen molar-refractivity contribution in [3.05, 3.63) is 76.0 Å². The molecule has 1 aliphatic heterocycles. The number of ether oxygens (including phenoxy) is 2. The van der Waals surface area contributed by atoms with Crippen molar-refractivity contribution in [1.82, 2.24) is 9.97 Å². The summed E-state index contributed by atoms with van der Waals surface area (Å²) in [6, 6.07) is 15.2. The first kappa shape index (κ1) is 22.7. The number of rotatable bonds is 7. The summed E-state index contributed by atoms with van der Waals surface area (Å²) in [5.41, 5.74) is 1.68. The van der Waals surface area contributed by atoms with Crippen molar-refractivity contribution in [3.8, 4) is 11.5 Å². The average molecular weight is 490 g/mol. The van der Waals surface area contributed by atoms with Gasteiger partial charge in [0.15, 0.2) is 0 Å². The molecule has 9 heteroatoms. The van der Waals surface area contributed by atoms with Gasteiger partial charge in [-0.25, -0.2) is 4.98 Å². The number of ketones is 1.